The molecule has 37 heavy (non-hydrogen) atoms. The van der Waals surface area contributed by atoms with Gasteiger partial charge in [-0.15, -0.1) is 0 Å². The predicted octanol–water partition coefficient (Wildman–Crippen LogP) is 5.16. The number of aromatic hydroxyl groups is 1. The average molecular weight is 501 g/mol. The van der Waals surface area contributed by atoms with Gasteiger partial charge in [0.2, 0.25) is 0 Å². The SMILES string of the molecule is COc1cnccc1Nc1nc(-c2nn(Cc3c(F)cc(O)cc3F)c3ccccc23)nc2c1CCC2. The second kappa shape index (κ2) is 9.12. The number of rotatable bonds is 6. The monoisotopic (exact) mass is 500 g/mol. The Morgan fingerprint density at radius 1 is 1.08 bits per heavy atom. The van der Waals surface area contributed by atoms with Crippen molar-refractivity contribution in [1.82, 2.24) is 24.7 Å². The van der Waals surface area contributed by atoms with Crippen LogP contribution in [0.25, 0.3) is 22.4 Å². The van der Waals surface area contributed by atoms with E-state index >= 15 is 0 Å². The molecule has 0 saturated heterocycles. The molecule has 1 aliphatic carbocycles. The van der Waals surface area contributed by atoms with Gasteiger partial charge in [0.15, 0.2) is 11.6 Å². The first-order valence-electron chi connectivity index (χ1n) is 11.8. The van der Waals surface area contributed by atoms with Gasteiger partial charge in [-0.05, 0) is 31.4 Å². The van der Waals surface area contributed by atoms with Crippen molar-refractivity contribution in [3.63, 3.8) is 0 Å². The molecule has 186 valence electrons. The van der Waals surface area contributed by atoms with E-state index in [-0.39, 0.29) is 12.1 Å². The highest BCUT2D eigenvalue weighted by atomic mass is 19.1. The van der Waals surface area contributed by atoms with Gasteiger partial charge in [-0.3, -0.25) is 9.67 Å². The maximum absolute atomic E-state index is 14.5. The number of hydrogen-bond acceptors (Lipinski definition) is 7. The number of fused-ring (bicyclic) bond motifs is 2. The number of nitrogens with zero attached hydrogens (tertiary/aromatic N) is 5. The van der Waals surface area contributed by atoms with Crippen molar-refractivity contribution in [2.75, 3.05) is 12.4 Å². The lowest BCUT2D eigenvalue weighted by Crippen LogP contribution is -2.07. The van der Waals surface area contributed by atoms with Crippen molar-refractivity contribution in [2.24, 2.45) is 0 Å². The summed E-state index contributed by atoms with van der Waals surface area (Å²) in [7, 11) is 1.58. The molecule has 0 radical (unpaired) electrons. The van der Waals surface area contributed by atoms with Gasteiger partial charge in [-0.1, -0.05) is 18.2 Å². The normalized spacial score (nSPS) is 12.6. The maximum Gasteiger partial charge on any atom is 0.182 e. The van der Waals surface area contributed by atoms with Gasteiger partial charge >= 0.3 is 0 Å². The van der Waals surface area contributed by atoms with Gasteiger partial charge in [-0.2, -0.15) is 5.10 Å². The summed E-state index contributed by atoms with van der Waals surface area (Å²) >= 11 is 0. The highest BCUT2D eigenvalue weighted by Crippen LogP contribution is 2.35. The topological polar surface area (TPSA) is 98.0 Å². The Hall–Kier alpha value is -4.60. The van der Waals surface area contributed by atoms with Crippen molar-refractivity contribution >= 4 is 22.4 Å². The highest BCUT2D eigenvalue weighted by Gasteiger charge is 2.24. The zero-order valence-electron chi connectivity index (χ0n) is 19.9. The van der Waals surface area contributed by atoms with Crippen molar-refractivity contribution in [1.29, 1.82) is 0 Å². The zero-order valence-corrected chi connectivity index (χ0v) is 19.9. The number of nitrogens with one attached hydrogen (secondary N) is 1. The Bertz CT molecular complexity index is 1630. The van der Waals surface area contributed by atoms with E-state index in [1.54, 1.807) is 19.5 Å². The van der Waals surface area contributed by atoms with Crippen molar-refractivity contribution in [2.45, 2.75) is 25.8 Å². The third-order valence-electron chi connectivity index (χ3n) is 6.49. The molecule has 6 rings (SSSR count). The fraction of sp³-hybridized carbons (Fsp3) is 0.185. The van der Waals surface area contributed by atoms with Crippen LogP contribution in [0.2, 0.25) is 0 Å². The van der Waals surface area contributed by atoms with Crippen LogP contribution in [0.5, 0.6) is 11.5 Å². The molecule has 5 aromatic rings. The molecule has 2 N–H and O–H groups in total. The highest BCUT2D eigenvalue weighted by molar-refractivity contribution is 5.92. The second-order valence-electron chi connectivity index (χ2n) is 8.79. The first-order chi connectivity index (χ1) is 18.0. The van der Waals surface area contributed by atoms with E-state index in [2.05, 4.69) is 10.3 Å². The molecular formula is C27H22F2N6O2. The molecule has 0 fully saturated rings. The smallest absolute Gasteiger partial charge is 0.182 e. The molecule has 3 heterocycles. The van der Waals surface area contributed by atoms with Crippen LogP contribution in [0.3, 0.4) is 0 Å². The summed E-state index contributed by atoms with van der Waals surface area (Å²) in [4.78, 5) is 13.8. The molecule has 0 bridgehead atoms. The number of phenols is 1. The van der Waals surface area contributed by atoms with Crippen LogP contribution >= 0.6 is 0 Å². The molecule has 0 aliphatic heterocycles. The summed E-state index contributed by atoms with van der Waals surface area (Å²) in [5.41, 5.74) is 3.70. The van der Waals surface area contributed by atoms with Gasteiger partial charge in [-0.25, -0.2) is 18.7 Å². The molecule has 10 heteroatoms. The molecule has 2 aromatic carbocycles. The van der Waals surface area contributed by atoms with E-state index in [4.69, 9.17) is 19.8 Å². The van der Waals surface area contributed by atoms with Gasteiger partial charge < -0.3 is 15.2 Å². The molecule has 0 saturated carbocycles. The number of aryl methyl sites for hydroxylation is 1. The van der Waals surface area contributed by atoms with E-state index < -0.39 is 17.4 Å². The first-order valence-corrected chi connectivity index (χ1v) is 11.8. The summed E-state index contributed by atoms with van der Waals surface area (Å²) in [6.07, 6.45) is 5.92. The molecule has 1 aliphatic rings. The zero-order chi connectivity index (χ0) is 25.5. The quantitative estimate of drug-likeness (QED) is 0.332. The van der Waals surface area contributed by atoms with Gasteiger partial charge in [0.25, 0.3) is 0 Å². The Kier molecular flexibility index (Phi) is 5.63. The number of ether oxygens (including phenoxy) is 1. The minimum Gasteiger partial charge on any atom is -0.508 e. The molecule has 8 nitrogen and oxygen atoms in total. The van der Waals surface area contributed by atoms with E-state index in [1.165, 1.54) is 4.68 Å². The van der Waals surface area contributed by atoms with E-state index in [1.807, 2.05) is 30.3 Å². The van der Waals surface area contributed by atoms with Crippen molar-refractivity contribution in [3.05, 3.63) is 83.3 Å². The number of pyridine rings is 1. The second-order valence-corrected chi connectivity index (χ2v) is 8.79. The fourth-order valence-corrected chi connectivity index (χ4v) is 4.72. The predicted molar refractivity (Wildman–Crippen MR) is 134 cm³/mol. The number of aromatic nitrogens is 5. The number of para-hydroxylation sites is 1. The first kappa shape index (κ1) is 22.8. The van der Waals surface area contributed by atoms with Crippen molar-refractivity contribution < 1.29 is 18.6 Å². The number of anilines is 2. The third kappa shape index (κ3) is 4.10. The molecule has 0 unspecified atom stereocenters. The maximum atomic E-state index is 14.5. The van der Waals surface area contributed by atoms with Crippen LogP contribution in [0.1, 0.15) is 23.2 Å². The summed E-state index contributed by atoms with van der Waals surface area (Å²) in [6.45, 7) is -0.164. The number of halogens is 2. The third-order valence-corrected chi connectivity index (χ3v) is 6.49. The Balaban J connectivity index is 1.47. The molecule has 0 amide bonds. The van der Waals surface area contributed by atoms with Gasteiger partial charge in [0, 0.05) is 40.5 Å². The minimum atomic E-state index is -0.842. The fourth-order valence-electron chi connectivity index (χ4n) is 4.72. The molecule has 3 aromatic heterocycles. The number of benzene rings is 2. The van der Waals surface area contributed by atoms with Crippen LogP contribution in [0.4, 0.5) is 20.3 Å². The van der Waals surface area contributed by atoms with Crippen molar-refractivity contribution in [3.8, 4) is 23.0 Å². The molecule has 0 atom stereocenters. The minimum absolute atomic E-state index is 0.164. The Morgan fingerprint density at radius 3 is 2.70 bits per heavy atom. The Morgan fingerprint density at radius 2 is 1.89 bits per heavy atom. The molecule has 0 spiro atoms. The number of hydrogen-bond donors (Lipinski definition) is 2. The summed E-state index contributed by atoms with van der Waals surface area (Å²) < 4.78 is 36.0. The van der Waals surface area contributed by atoms with Crippen LogP contribution < -0.4 is 10.1 Å². The van der Waals surface area contributed by atoms with Crippen LogP contribution in [-0.2, 0) is 19.4 Å². The summed E-state index contributed by atoms with van der Waals surface area (Å²) in [5.74, 6) is -0.492. The average Bonchev–Trinajstić information content (AvgIpc) is 3.51. The summed E-state index contributed by atoms with van der Waals surface area (Å²) in [6, 6.07) is 11.0. The largest absolute Gasteiger partial charge is 0.508 e. The van der Waals surface area contributed by atoms with Gasteiger partial charge in [0.1, 0.15) is 28.9 Å². The lowest BCUT2D eigenvalue weighted by Gasteiger charge is -2.14. The summed E-state index contributed by atoms with van der Waals surface area (Å²) in [5, 5.41) is 18.3. The van der Waals surface area contributed by atoms with E-state index in [9.17, 15) is 13.9 Å². The Labute approximate surface area is 210 Å². The van der Waals surface area contributed by atoms with Crippen LogP contribution in [0, 0.1) is 11.6 Å². The molecular weight excluding hydrogens is 478 g/mol. The lowest BCUT2D eigenvalue weighted by molar-refractivity contribution is 0.415. The number of phenolic OH excluding ortho intramolecular Hbond substituents is 1. The van der Waals surface area contributed by atoms with Crippen LogP contribution in [-0.4, -0.2) is 36.9 Å². The lowest BCUT2D eigenvalue weighted by atomic mass is 10.1. The standard InChI is InChI=1S/C27H22F2N6O2/c1-37-24-13-30-10-9-22(24)32-26-16-6-4-7-21(16)31-27(33-26)25-17-5-2-3-8-23(17)35(34-25)14-18-19(28)11-15(36)12-20(18)29/h2-3,5,8-13,36H,4,6-7,14H2,1H3,(H,30,31,32,33). The van der Waals surface area contributed by atoms with Gasteiger partial charge in [0.05, 0.1) is 31.1 Å². The number of methoxy groups -OCH3 is 1. The van der Waals surface area contributed by atoms with E-state index in [0.717, 1.165) is 53.7 Å². The van der Waals surface area contributed by atoms with E-state index in [0.29, 0.717) is 28.6 Å². The van der Waals surface area contributed by atoms with Crippen LogP contribution in [0.15, 0.2) is 54.9 Å².